The molecule has 8 heteroatoms. The van der Waals surface area contributed by atoms with Crippen molar-refractivity contribution in [2.45, 2.75) is 10.1 Å². The van der Waals surface area contributed by atoms with Crippen molar-refractivity contribution in [2.24, 2.45) is 0 Å². The quantitative estimate of drug-likeness (QED) is 0.541. The predicted octanol–water partition coefficient (Wildman–Crippen LogP) is 3.68. The molecule has 3 rings (SSSR count). The summed E-state index contributed by atoms with van der Waals surface area (Å²) in [7, 11) is 1.64. The molecule has 0 bridgehead atoms. The number of anilines is 1. The van der Waals surface area contributed by atoms with E-state index in [4.69, 9.17) is 9.15 Å². The average molecular weight is 347 g/mol. The van der Waals surface area contributed by atoms with E-state index in [0.29, 0.717) is 5.13 Å². The van der Waals surface area contributed by atoms with E-state index in [1.165, 1.54) is 17.6 Å². The van der Waals surface area contributed by atoms with Crippen LogP contribution >= 0.6 is 23.1 Å². The molecule has 0 fully saturated rings. The fourth-order valence-corrected chi connectivity index (χ4v) is 3.48. The highest BCUT2D eigenvalue weighted by Crippen LogP contribution is 2.29. The number of thioether (sulfide) groups is 1. The van der Waals surface area contributed by atoms with Gasteiger partial charge in [-0.1, -0.05) is 35.2 Å². The van der Waals surface area contributed by atoms with E-state index < -0.39 is 0 Å². The molecule has 0 spiro atoms. The number of aromatic nitrogens is 2. The van der Waals surface area contributed by atoms with Crippen LogP contribution in [0.2, 0.25) is 0 Å². The lowest BCUT2D eigenvalue weighted by atomic mass is 10.2. The number of nitrogens with zero attached hydrogens (tertiary/aromatic N) is 2. The number of furan rings is 1. The molecule has 1 amide bonds. The summed E-state index contributed by atoms with van der Waals surface area (Å²) in [5.74, 6) is 1.48. The summed E-state index contributed by atoms with van der Waals surface area (Å²) in [6.45, 7) is 0. The molecule has 1 N–H and O–H groups in total. The first kappa shape index (κ1) is 15.6. The first-order valence-corrected chi connectivity index (χ1v) is 8.49. The molecule has 3 aromatic rings. The highest BCUT2D eigenvalue weighted by atomic mass is 32.2. The van der Waals surface area contributed by atoms with Gasteiger partial charge in [0.15, 0.2) is 10.1 Å². The van der Waals surface area contributed by atoms with Crippen LogP contribution in [-0.4, -0.2) is 23.2 Å². The number of hydrogen-bond donors (Lipinski definition) is 1. The van der Waals surface area contributed by atoms with Gasteiger partial charge in [-0.2, -0.15) is 0 Å². The molecule has 6 nitrogen and oxygen atoms in total. The Labute approximate surface area is 140 Å². The summed E-state index contributed by atoms with van der Waals surface area (Å²) < 4.78 is 11.0. The van der Waals surface area contributed by atoms with Crippen molar-refractivity contribution in [2.75, 3.05) is 12.4 Å². The van der Waals surface area contributed by atoms with E-state index in [-0.39, 0.29) is 11.7 Å². The van der Waals surface area contributed by atoms with Crippen molar-refractivity contribution in [3.8, 4) is 5.75 Å². The first-order valence-electron chi connectivity index (χ1n) is 6.68. The first-order chi connectivity index (χ1) is 11.2. The zero-order valence-corrected chi connectivity index (χ0v) is 13.8. The maximum Gasteiger partial charge on any atom is 0.293 e. The minimum Gasteiger partial charge on any atom is -0.497 e. The van der Waals surface area contributed by atoms with Crippen molar-refractivity contribution < 1.29 is 13.9 Å². The number of methoxy groups -OCH3 is 1. The second-order valence-corrected chi connectivity index (χ2v) is 6.64. The van der Waals surface area contributed by atoms with E-state index in [9.17, 15) is 4.79 Å². The molecule has 23 heavy (non-hydrogen) atoms. The number of hydrogen-bond acceptors (Lipinski definition) is 7. The number of rotatable bonds is 6. The molecule has 1 aromatic carbocycles. The van der Waals surface area contributed by atoms with Crippen LogP contribution in [0.25, 0.3) is 0 Å². The van der Waals surface area contributed by atoms with Crippen LogP contribution in [0.3, 0.4) is 0 Å². The zero-order valence-electron chi connectivity index (χ0n) is 12.2. The van der Waals surface area contributed by atoms with Gasteiger partial charge >= 0.3 is 0 Å². The lowest BCUT2D eigenvalue weighted by Gasteiger charge is -2.02. The fraction of sp³-hybridized carbons (Fsp3) is 0.133. The molecule has 2 heterocycles. The Morgan fingerprint density at radius 3 is 3.04 bits per heavy atom. The number of benzene rings is 1. The summed E-state index contributed by atoms with van der Waals surface area (Å²) in [4.78, 5) is 11.8. The molecule has 0 saturated heterocycles. The molecule has 0 atom stereocenters. The zero-order chi connectivity index (χ0) is 16.1. The largest absolute Gasteiger partial charge is 0.497 e. The number of amides is 1. The van der Waals surface area contributed by atoms with Crippen molar-refractivity contribution in [1.82, 2.24) is 10.2 Å². The summed E-state index contributed by atoms with van der Waals surface area (Å²) >= 11 is 2.88. The highest BCUT2D eigenvalue weighted by molar-refractivity contribution is 8.00. The number of carbonyl (C=O) groups excluding carboxylic acids is 1. The lowest BCUT2D eigenvalue weighted by molar-refractivity contribution is 0.0996. The third kappa shape index (κ3) is 4.11. The minimum absolute atomic E-state index is 0.241. The van der Waals surface area contributed by atoms with Gasteiger partial charge in [0, 0.05) is 5.75 Å². The molecule has 0 aliphatic carbocycles. The summed E-state index contributed by atoms with van der Waals surface area (Å²) in [6.07, 6.45) is 1.45. The van der Waals surface area contributed by atoms with Crippen molar-refractivity contribution in [3.05, 3.63) is 54.0 Å². The van der Waals surface area contributed by atoms with Gasteiger partial charge in [0.25, 0.3) is 5.91 Å². The van der Waals surface area contributed by atoms with Gasteiger partial charge in [-0.25, -0.2) is 0 Å². The monoisotopic (exact) mass is 347 g/mol. The smallest absolute Gasteiger partial charge is 0.293 e. The standard InChI is InChI=1S/C15H13N3O3S2/c1-20-11-5-2-4-10(8-11)9-22-15-18-17-14(23-15)16-13(19)12-6-3-7-21-12/h2-8H,9H2,1H3,(H,16,17,19). The summed E-state index contributed by atoms with van der Waals surface area (Å²) in [5.41, 5.74) is 1.13. The summed E-state index contributed by atoms with van der Waals surface area (Å²) in [6, 6.07) is 11.1. The normalized spacial score (nSPS) is 10.5. The van der Waals surface area contributed by atoms with Crippen LogP contribution in [-0.2, 0) is 5.75 Å². The van der Waals surface area contributed by atoms with Gasteiger partial charge < -0.3 is 9.15 Å². The van der Waals surface area contributed by atoms with Gasteiger partial charge in [0.1, 0.15) is 5.75 Å². The van der Waals surface area contributed by atoms with Crippen molar-refractivity contribution in [3.63, 3.8) is 0 Å². The second kappa shape index (κ2) is 7.30. The Hall–Kier alpha value is -2.32. The van der Waals surface area contributed by atoms with Crippen LogP contribution in [0.15, 0.2) is 51.4 Å². The van der Waals surface area contributed by atoms with Crippen LogP contribution in [0, 0.1) is 0 Å². The number of nitrogens with one attached hydrogen (secondary N) is 1. The second-order valence-electron chi connectivity index (χ2n) is 4.44. The van der Waals surface area contributed by atoms with E-state index in [0.717, 1.165) is 21.4 Å². The molecule has 2 aromatic heterocycles. The molecule has 0 unspecified atom stereocenters. The van der Waals surface area contributed by atoms with Crippen LogP contribution in [0.1, 0.15) is 16.1 Å². The van der Waals surface area contributed by atoms with Gasteiger partial charge in [-0.15, -0.1) is 10.2 Å². The molecule has 0 radical (unpaired) electrons. The van der Waals surface area contributed by atoms with E-state index in [1.54, 1.807) is 31.0 Å². The summed E-state index contributed by atoms with van der Waals surface area (Å²) in [5, 5.41) is 11.1. The van der Waals surface area contributed by atoms with Gasteiger partial charge in [0.05, 0.1) is 13.4 Å². The maximum absolute atomic E-state index is 11.8. The Balaban J connectivity index is 1.57. The molecule has 118 valence electrons. The maximum atomic E-state index is 11.8. The lowest BCUT2D eigenvalue weighted by Crippen LogP contribution is -2.10. The Morgan fingerprint density at radius 2 is 2.26 bits per heavy atom. The van der Waals surface area contributed by atoms with Gasteiger partial charge in [0.2, 0.25) is 5.13 Å². The third-order valence-electron chi connectivity index (χ3n) is 2.87. The van der Waals surface area contributed by atoms with Crippen LogP contribution in [0.5, 0.6) is 5.75 Å². The van der Waals surface area contributed by atoms with E-state index in [1.807, 2.05) is 24.3 Å². The topological polar surface area (TPSA) is 77.3 Å². The van der Waals surface area contributed by atoms with Gasteiger partial charge in [-0.05, 0) is 29.8 Å². The number of ether oxygens (including phenoxy) is 1. The van der Waals surface area contributed by atoms with E-state index in [2.05, 4.69) is 15.5 Å². The van der Waals surface area contributed by atoms with Crippen LogP contribution < -0.4 is 10.1 Å². The SMILES string of the molecule is COc1cccc(CSc2nnc(NC(=O)c3ccco3)s2)c1. The van der Waals surface area contributed by atoms with Crippen molar-refractivity contribution >= 4 is 34.1 Å². The minimum atomic E-state index is -0.338. The number of carbonyl (C=O) groups is 1. The van der Waals surface area contributed by atoms with E-state index >= 15 is 0 Å². The molecule has 0 aliphatic rings. The molecule has 0 saturated carbocycles. The Kier molecular flexibility index (Phi) is 4.94. The molecular weight excluding hydrogens is 334 g/mol. The average Bonchev–Trinajstić information content (AvgIpc) is 3.25. The molecular formula is C15H13N3O3S2. The van der Waals surface area contributed by atoms with Crippen molar-refractivity contribution in [1.29, 1.82) is 0 Å². The Bertz CT molecular complexity index is 787. The predicted molar refractivity (Wildman–Crippen MR) is 89.1 cm³/mol. The fourth-order valence-electron chi connectivity index (χ4n) is 1.79. The Morgan fingerprint density at radius 1 is 1.35 bits per heavy atom. The van der Waals surface area contributed by atoms with Gasteiger partial charge in [-0.3, -0.25) is 10.1 Å². The molecule has 0 aliphatic heterocycles. The highest BCUT2D eigenvalue weighted by Gasteiger charge is 2.12. The van der Waals surface area contributed by atoms with Crippen LogP contribution in [0.4, 0.5) is 5.13 Å². The third-order valence-corrected chi connectivity index (χ3v) is 4.91.